The van der Waals surface area contributed by atoms with E-state index >= 15 is 0 Å². The molecule has 2 rings (SSSR count). The van der Waals surface area contributed by atoms with Crippen LogP contribution in [0.3, 0.4) is 0 Å². The number of rotatable bonds is 0. The molecule has 2 nitrogen and oxygen atoms in total. The van der Waals surface area contributed by atoms with E-state index in [1.165, 1.54) is 5.39 Å². The van der Waals surface area contributed by atoms with Crippen molar-refractivity contribution >= 4 is 26.8 Å². The minimum Gasteiger partial charge on any atom is -0.357 e. The lowest BCUT2D eigenvalue weighted by Crippen LogP contribution is -1.72. The van der Waals surface area contributed by atoms with Gasteiger partial charge in [-0.2, -0.15) is 0 Å². The molecule has 56 valence electrons. The van der Waals surface area contributed by atoms with Gasteiger partial charge in [-0.1, -0.05) is 0 Å². The molecule has 11 heavy (non-hydrogen) atoms. The van der Waals surface area contributed by atoms with Crippen LogP contribution in [-0.2, 0) is 0 Å². The molecule has 2 aromatic heterocycles. The normalized spacial score (nSPS) is 10.7. The lowest BCUT2D eigenvalue weighted by atomic mass is 10.3. The molecular formula is C8H7BrN2. The van der Waals surface area contributed by atoms with Crippen LogP contribution in [0.1, 0.15) is 5.69 Å². The molecule has 0 aliphatic carbocycles. The first-order valence-corrected chi connectivity index (χ1v) is 4.15. The minimum atomic E-state index is 1.04. The quantitative estimate of drug-likeness (QED) is 0.712. The Morgan fingerprint density at radius 3 is 3.00 bits per heavy atom. The van der Waals surface area contributed by atoms with Crippen LogP contribution in [0.5, 0.6) is 0 Å². The first-order chi connectivity index (χ1) is 5.27. The molecule has 0 spiro atoms. The first kappa shape index (κ1) is 6.85. The number of aromatic amines is 1. The highest BCUT2D eigenvalue weighted by molar-refractivity contribution is 9.10. The van der Waals surface area contributed by atoms with Crippen LogP contribution in [0.4, 0.5) is 0 Å². The Kier molecular flexibility index (Phi) is 1.46. The lowest BCUT2D eigenvalue weighted by molar-refractivity contribution is 1.27. The summed E-state index contributed by atoms with van der Waals surface area (Å²) in [4.78, 5) is 7.25. The molecule has 0 aliphatic heterocycles. The van der Waals surface area contributed by atoms with Gasteiger partial charge in [0, 0.05) is 21.7 Å². The monoisotopic (exact) mass is 210 g/mol. The standard InChI is InChI=1S/C8H7BrN2/c1-5-2-6-7(9)3-10-4-8(6)11-5/h2-4,11H,1H3. The topological polar surface area (TPSA) is 28.7 Å². The van der Waals surface area contributed by atoms with Crippen molar-refractivity contribution in [1.82, 2.24) is 9.97 Å². The Bertz CT molecular complexity index is 392. The summed E-state index contributed by atoms with van der Waals surface area (Å²) in [6, 6.07) is 2.10. The number of nitrogens with zero attached hydrogens (tertiary/aromatic N) is 1. The number of pyridine rings is 1. The fraction of sp³-hybridized carbons (Fsp3) is 0.125. The molecule has 0 aliphatic rings. The smallest absolute Gasteiger partial charge is 0.0653 e. The third kappa shape index (κ3) is 1.05. The Balaban J connectivity index is 2.90. The molecule has 0 fully saturated rings. The highest BCUT2D eigenvalue weighted by Gasteiger charge is 1.99. The molecule has 2 heterocycles. The van der Waals surface area contributed by atoms with Crippen LogP contribution in [0, 0.1) is 6.92 Å². The number of hydrogen-bond donors (Lipinski definition) is 1. The van der Waals surface area contributed by atoms with Crippen molar-refractivity contribution < 1.29 is 0 Å². The van der Waals surface area contributed by atoms with Crippen molar-refractivity contribution in [3.63, 3.8) is 0 Å². The molecule has 3 heteroatoms. The summed E-state index contributed by atoms with van der Waals surface area (Å²) in [7, 11) is 0. The molecule has 0 radical (unpaired) electrons. The molecule has 2 aromatic rings. The fourth-order valence-electron chi connectivity index (χ4n) is 1.16. The zero-order valence-corrected chi connectivity index (χ0v) is 7.64. The number of nitrogens with one attached hydrogen (secondary N) is 1. The van der Waals surface area contributed by atoms with E-state index in [1.807, 2.05) is 13.1 Å². The second kappa shape index (κ2) is 2.34. The maximum atomic E-state index is 4.05. The van der Waals surface area contributed by atoms with Crippen LogP contribution in [-0.4, -0.2) is 9.97 Å². The third-order valence-electron chi connectivity index (χ3n) is 1.63. The minimum absolute atomic E-state index is 1.04. The van der Waals surface area contributed by atoms with E-state index in [9.17, 15) is 0 Å². The number of halogens is 1. The van der Waals surface area contributed by atoms with Gasteiger partial charge in [0.25, 0.3) is 0 Å². The number of H-pyrrole nitrogens is 1. The average Bonchev–Trinajstić information content (AvgIpc) is 2.31. The second-order valence-corrected chi connectivity index (χ2v) is 3.39. The van der Waals surface area contributed by atoms with Gasteiger partial charge in [0.15, 0.2) is 0 Å². The molecular weight excluding hydrogens is 204 g/mol. The second-order valence-electron chi connectivity index (χ2n) is 2.53. The van der Waals surface area contributed by atoms with E-state index in [0.717, 1.165) is 15.7 Å². The average molecular weight is 211 g/mol. The van der Waals surface area contributed by atoms with Crippen LogP contribution in [0.25, 0.3) is 10.9 Å². The van der Waals surface area contributed by atoms with Crippen molar-refractivity contribution in [2.45, 2.75) is 6.92 Å². The number of aromatic nitrogens is 2. The Morgan fingerprint density at radius 2 is 2.27 bits per heavy atom. The number of aryl methyl sites for hydroxylation is 1. The number of fused-ring (bicyclic) bond motifs is 1. The Labute approximate surface area is 72.8 Å². The lowest BCUT2D eigenvalue weighted by Gasteiger charge is -1.89. The zero-order valence-electron chi connectivity index (χ0n) is 6.06. The SMILES string of the molecule is Cc1cc2c(Br)cncc2[nH]1. The predicted molar refractivity (Wildman–Crippen MR) is 48.5 cm³/mol. The van der Waals surface area contributed by atoms with E-state index < -0.39 is 0 Å². The third-order valence-corrected chi connectivity index (χ3v) is 2.26. The summed E-state index contributed by atoms with van der Waals surface area (Å²) in [5, 5.41) is 1.19. The maximum Gasteiger partial charge on any atom is 0.0653 e. The molecule has 0 saturated heterocycles. The molecule has 0 aromatic carbocycles. The molecule has 0 bridgehead atoms. The van der Waals surface area contributed by atoms with Gasteiger partial charge in [-0.05, 0) is 28.9 Å². The predicted octanol–water partition coefficient (Wildman–Crippen LogP) is 2.63. The first-order valence-electron chi connectivity index (χ1n) is 3.36. The van der Waals surface area contributed by atoms with E-state index in [1.54, 1.807) is 6.20 Å². The fourth-order valence-corrected chi connectivity index (χ4v) is 1.60. The van der Waals surface area contributed by atoms with E-state index in [2.05, 4.69) is 32.0 Å². The molecule has 0 atom stereocenters. The van der Waals surface area contributed by atoms with Crippen LogP contribution >= 0.6 is 15.9 Å². The summed E-state index contributed by atoms with van der Waals surface area (Å²) in [6.45, 7) is 2.03. The Hall–Kier alpha value is -0.830. The van der Waals surface area contributed by atoms with E-state index in [-0.39, 0.29) is 0 Å². The highest BCUT2D eigenvalue weighted by atomic mass is 79.9. The van der Waals surface area contributed by atoms with Gasteiger partial charge in [-0.3, -0.25) is 4.98 Å². The highest BCUT2D eigenvalue weighted by Crippen LogP contribution is 2.22. The van der Waals surface area contributed by atoms with Gasteiger partial charge in [0.05, 0.1) is 11.7 Å². The van der Waals surface area contributed by atoms with Crippen LogP contribution < -0.4 is 0 Å². The van der Waals surface area contributed by atoms with Gasteiger partial charge in [0.1, 0.15) is 0 Å². The molecule has 0 amide bonds. The summed E-state index contributed by atoms with van der Waals surface area (Å²) < 4.78 is 1.04. The van der Waals surface area contributed by atoms with Gasteiger partial charge < -0.3 is 4.98 Å². The summed E-state index contributed by atoms with van der Waals surface area (Å²) in [6.07, 6.45) is 3.63. The zero-order chi connectivity index (χ0) is 7.84. The van der Waals surface area contributed by atoms with Crippen molar-refractivity contribution in [2.24, 2.45) is 0 Å². The van der Waals surface area contributed by atoms with Gasteiger partial charge in [-0.25, -0.2) is 0 Å². The Morgan fingerprint density at radius 1 is 1.45 bits per heavy atom. The van der Waals surface area contributed by atoms with Crippen molar-refractivity contribution in [3.05, 3.63) is 28.6 Å². The van der Waals surface area contributed by atoms with Gasteiger partial charge >= 0.3 is 0 Å². The number of hydrogen-bond acceptors (Lipinski definition) is 1. The van der Waals surface area contributed by atoms with Crippen molar-refractivity contribution in [3.8, 4) is 0 Å². The van der Waals surface area contributed by atoms with Crippen molar-refractivity contribution in [2.75, 3.05) is 0 Å². The summed E-state index contributed by atoms with van der Waals surface area (Å²) in [5.41, 5.74) is 2.24. The summed E-state index contributed by atoms with van der Waals surface area (Å²) >= 11 is 3.43. The molecule has 0 saturated carbocycles. The largest absolute Gasteiger partial charge is 0.357 e. The van der Waals surface area contributed by atoms with Gasteiger partial charge in [0.2, 0.25) is 0 Å². The maximum absolute atomic E-state index is 4.05. The van der Waals surface area contributed by atoms with Gasteiger partial charge in [-0.15, -0.1) is 0 Å². The molecule has 0 unspecified atom stereocenters. The van der Waals surface area contributed by atoms with Crippen LogP contribution in [0.2, 0.25) is 0 Å². The van der Waals surface area contributed by atoms with E-state index in [0.29, 0.717) is 0 Å². The summed E-state index contributed by atoms with van der Waals surface area (Å²) in [5.74, 6) is 0. The van der Waals surface area contributed by atoms with E-state index in [4.69, 9.17) is 0 Å². The molecule has 1 N–H and O–H groups in total. The van der Waals surface area contributed by atoms with Crippen LogP contribution in [0.15, 0.2) is 22.9 Å². The van der Waals surface area contributed by atoms with Crippen molar-refractivity contribution in [1.29, 1.82) is 0 Å².